The Morgan fingerprint density at radius 3 is 2.18 bits per heavy atom. The van der Waals surface area contributed by atoms with Crippen LogP contribution in [0.3, 0.4) is 0 Å². The van der Waals surface area contributed by atoms with Crippen molar-refractivity contribution in [2.45, 2.75) is 0 Å². The fourth-order valence-electron chi connectivity index (χ4n) is 0.735. The highest BCUT2D eigenvalue weighted by molar-refractivity contribution is 5.30. The second-order valence-electron chi connectivity index (χ2n) is 1.93. The predicted molar refractivity (Wildman–Crippen MR) is 39.6 cm³/mol. The Labute approximate surface area is 64.6 Å². The zero-order valence-electron chi connectivity index (χ0n) is 6.21. The van der Waals surface area contributed by atoms with Crippen molar-refractivity contribution in [3.8, 4) is 11.5 Å². The van der Waals surface area contributed by atoms with Gasteiger partial charge in [0.1, 0.15) is 11.5 Å². The SMILES string of the molecule is COc1ccc(OCF)cc1. The monoisotopic (exact) mass is 156 g/mol. The molecule has 0 saturated carbocycles. The minimum atomic E-state index is -0.799. The maximum Gasteiger partial charge on any atom is 0.228 e. The van der Waals surface area contributed by atoms with Crippen LogP contribution < -0.4 is 9.47 Å². The third kappa shape index (κ3) is 2.11. The van der Waals surface area contributed by atoms with E-state index in [1.807, 2.05) is 0 Å². The topological polar surface area (TPSA) is 18.5 Å². The summed E-state index contributed by atoms with van der Waals surface area (Å²) in [5.41, 5.74) is 0. The summed E-state index contributed by atoms with van der Waals surface area (Å²) in [6.07, 6.45) is 0. The summed E-state index contributed by atoms with van der Waals surface area (Å²) in [5.74, 6) is 1.24. The van der Waals surface area contributed by atoms with Crippen LogP contribution in [-0.2, 0) is 0 Å². The van der Waals surface area contributed by atoms with E-state index in [1.54, 1.807) is 31.4 Å². The second-order valence-corrected chi connectivity index (χ2v) is 1.93. The average molecular weight is 156 g/mol. The molecule has 3 heteroatoms. The number of benzene rings is 1. The lowest BCUT2D eigenvalue weighted by molar-refractivity contribution is 0.191. The van der Waals surface area contributed by atoms with Gasteiger partial charge in [-0.1, -0.05) is 0 Å². The van der Waals surface area contributed by atoms with Gasteiger partial charge >= 0.3 is 0 Å². The van der Waals surface area contributed by atoms with Crippen LogP contribution in [0.15, 0.2) is 24.3 Å². The van der Waals surface area contributed by atoms with Gasteiger partial charge in [-0.25, -0.2) is 4.39 Å². The zero-order valence-corrected chi connectivity index (χ0v) is 6.21. The minimum absolute atomic E-state index is 0.508. The number of alkyl halides is 1. The molecule has 1 aromatic rings. The molecule has 1 rings (SSSR count). The van der Waals surface area contributed by atoms with E-state index in [1.165, 1.54) is 0 Å². The minimum Gasteiger partial charge on any atom is -0.497 e. The van der Waals surface area contributed by atoms with Gasteiger partial charge in [0.2, 0.25) is 6.86 Å². The molecule has 0 aliphatic rings. The summed E-state index contributed by atoms with van der Waals surface area (Å²) in [6.45, 7) is -0.799. The molecule has 11 heavy (non-hydrogen) atoms. The van der Waals surface area contributed by atoms with Crippen molar-refractivity contribution in [1.29, 1.82) is 0 Å². The average Bonchev–Trinajstić information content (AvgIpc) is 2.07. The molecular formula is C8H9FO2. The molecule has 0 unspecified atom stereocenters. The molecule has 0 aromatic heterocycles. The third-order valence-corrected chi connectivity index (χ3v) is 1.28. The van der Waals surface area contributed by atoms with E-state index >= 15 is 0 Å². The standard InChI is InChI=1S/C8H9FO2/c1-10-7-2-4-8(5-3-7)11-6-9/h2-5H,6H2,1H3. The Bertz CT molecular complexity index is 208. The quantitative estimate of drug-likeness (QED) is 0.666. The van der Waals surface area contributed by atoms with Crippen LogP contribution >= 0.6 is 0 Å². The fourth-order valence-corrected chi connectivity index (χ4v) is 0.735. The first kappa shape index (κ1) is 7.85. The predicted octanol–water partition coefficient (Wildman–Crippen LogP) is 2.00. The van der Waals surface area contributed by atoms with Crippen LogP contribution in [0.4, 0.5) is 4.39 Å². The van der Waals surface area contributed by atoms with Gasteiger partial charge in [0, 0.05) is 0 Å². The van der Waals surface area contributed by atoms with Crippen molar-refractivity contribution in [2.75, 3.05) is 14.0 Å². The Morgan fingerprint density at radius 1 is 1.18 bits per heavy atom. The Morgan fingerprint density at radius 2 is 1.73 bits per heavy atom. The number of rotatable bonds is 3. The molecule has 0 fully saturated rings. The molecule has 0 atom stereocenters. The van der Waals surface area contributed by atoms with Crippen molar-refractivity contribution in [2.24, 2.45) is 0 Å². The molecule has 0 aliphatic heterocycles. The second kappa shape index (κ2) is 3.81. The van der Waals surface area contributed by atoms with Crippen molar-refractivity contribution < 1.29 is 13.9 Å². The maximum atomic E-state index is 11.6. The molecule has 0 aliphatic carbocycles. The Hall–Kier alpha value is -1.25. The van der Waals surface area contributed by atoms with E-state index in [0.29, 0.717) is 5.75 Å². The lowest BCUT2D eigenvalue weighted by Gasteiger charge is -2.01. The van der Waals surface area contributed by atoms with Gasteiger partial charge in [-0.15, -0.1) is 0 Å². The van der Waals surface area contributed by atoms with Crippen LogP contribution in [0.5, 0.6) is 11.5 Å². The number of methoxy groups -OCH3 is 1. The molecule has 2 nitrogen and oxygen atoms in total. The first-order chi connectivity index (χ1) is 5.36. The Kier molecular flexibility index (Phi) is 2.72. The van der Waals surface area contributed by atoms with Crippen LogP contribution in [0.25, 0.3) is 0 Å². The fraction of sp³-hybridized carbons (Fsp3) is 0.250. The molecule has 0 amide bonds. The Balaban J connectivity index is 2.66. The number of hydrogen-bond acceptors (Lipinski definition) is 2. The molecule has 0 N–H and O–H groups in total. The number of halogens is 1. The summed E-state index contributed by atoms with van der Waals surface area (Å²) in [5, 5.41) is 0. The molecule has 1 aromatic carbocycles. The van der Waals surface area contributed by atoms with Crippen molar-refractivity contribution in [3.63, 3.8) is 0 Å². The molecule has 60 valence electrons. The van der Waals surface area contributed by atoms with Gasteiger partial charge in [0.25, 0.3) is 0 Å². The summed E-state index contributed by atoms with van der Waals surface area (Å²) < 4.78 is 21.1. The largest absolute Gasteiger partial charge is 0.497 e. The maximum absolute atomic E-state index is 11.6. The van der Waals surface area contributed by atoms with Gasteiger partial charge in [-0.05, 0) is 24.3 Å². The summed E-state index contributed by atoms with van der Waals surface area (Å²) in [7, 11) is 1.57. The molecular weight excluding hydrogens is 147 g/mol. The van der Waals surface area contributed by atoms with Crippen molar-refractivity contribution in [1.82, 2.24) is 0 Å². The van der Waals surface area contributed by atoms with E-state index in [4.69, 9.17) is 4.74 Å². The highest BCUT2D eigenvalue weighted by Crippen LogP contribution is 2.16. The van der Waals surface area contributed by atoms with E-state index in [-0.39, 0.29) is 0 Å². The number of ether oxygens (including phenoxy) is 2. The van der Waals surface area contributed by atoms with E-state index < -0.39 is 6.86 Å². The normalized spacial score (nSPS) is 9.27. The first-order valence-electron chi connectivity index (χ1n) is 3.19. The molecule has 0 radical (unpaired) electrons. The smallest absolute Gasteiger partial charge is 0.228 e. The van der Waals surface area contributed by atoms with E-state index in [0.717, 1.165) is 5.75 Å². The zero-order chi connectivity index (χ0) is 8.10. The summed E-state index contributed by atoms with van der Waals surface area (Å²) in [6, 6.07) is 6.73. The highest BCUT2D eigenvalue weighted by Gasteiger charge is 1.92. The van der Waals surface area contributed by atoms with Crippen LogP contribution in [0, 0.1) is 0 Å². The highest BCUT2D eigenvalue weighted by atomic mass is 19.1. The van der Waals surface area contributed by atoms with Crippen LogP contribution in [0.1, 0.15) is 0 Å². The van der Waals surface area contributed by atoms with Crippen LogP contribution in [-0.4, -0.2) is 14.0 Å². The first-order valence-corrected chi connectivity index (χ1v) is 3.19. The van der Waals surface area contributed by atoms with Crippen molar-refractivity contribution >= 4 is 0 Å². The lowest BCUT2D eigenvalue weighted by atomic mass is 10.3. The molecule has 0 bridgehead atoms. The summed E-state index contributed by atoms with van der Waals surface area (Å²) >= 11 is 0. The van der Waals surface area contributed by atoms with E-state index in [9.17, 15) is 4.39 Å². The lowest BCUT2D eigenvalue weighted by Crippen LogP contribution is -1.89. The van der Waals surface area contributed by atoms with Gasteiger partial charge < -0.3 is 9.47 Å². The van der Waals surface area contributed by atoms with Gasteiger partial charge in [0.05, 0.1) is 7.11 Å². The van der Waals surface area contributed by atoms with E-state index in [2.05, 4.69) is 4.74 Å². The third-order valence-electron chi connectivity index (χ3n) is 1.28. The molecule has 0 heterocycles. The number of hydrogen-bond donors (Lipinski definition) is 0. The van der Waals surface area contributed by atoms with Gasteiger partial charge in [-0.2, -0.15) is 0 Å². The molecule has 0 spiro atoms. The van der Waals surface area contributed by atoms with Gasteiger partial charge in [-0.3, -0.25) is 0 Å². The summed E-state index contributed by atoms with van der Waals surface area (Å²) in [4.78, 5) is 0. The van der Waals surface area contributed by atoms with Crippen molar-refractivity contribution in [3.05, 3.63) is 24.3 Å². The molecule has 0 saturated heterocycles. The van der Waals surface area contributed by atoms with Crippen LogP contribution in [0.2, 0.25) is 0 Å². The van der Waals surface area contributed by atoms with Gasteiger partial charge in [0.15, 0.2) is 0 Å².